The Morgan fingerprint density at radius 1 is 0.938 bits per heavy atom. The number of hydrogen-bond donors (Lipinski definition) is 1. The molecule has 4 rings (SSSR count). The van der Waals surface area contributed by atoms with E-state index in [-0.39, 0.29) is 18.2 Å². The molecule has 0 aliphatic carbocycles. The summed E-state index contributed by atoms with van der Waals surface area (Å²) in [6, 6.07) is 20.6. The molecular formula is C26H27N3O3. The number of carbonyl (C=O) groups excluding carboxylic acids is 3. The van der Waals surface area contributed by atoms with Crippen LogP contribution in [0.1, 0.15) is 39.3 Å². The first-order chi connectivity index (χ1) is 15.4. The SMILES string of the molecule is Cc1cc(C(=O)CN2C(=O)N[C@H](CCc3ccccc3)C2=O)c(C)n1Cc1ccccc1. The first kappa shape index (κ1) is 21.6. The minimum Gasteiger partial charge on any atom is -0.344 e. The molecule has 1 aliphatic heterocycles. The van der Waals surface area contributed by atoms with Crippen LogP contribution in [0.25, 0.3) is 0 Å². The van der Waals surface area contributed by atoms with E-state index in [1.54, 1.807) is 0 Å². The lowest BCUT2D eigenvalue weighted by atomic mass is 10.1. The number of imide groups is 1. The van der Waals surface area contributed by atoms with Gasteiger partial charge < -0.3 is 9.88 Å². The number of hydrogen-bond acceptors (Lipinski definition) is 3. The number of benzene rings is 2. The van der Waals surface area contributed by atoms with E-state index in [9.17, 15) is 14.4 Å². The third kappa shape index (κ3) is 4.49. The second-order valence-corrected chi connectivity index (χ2v) is 8.23. The van der Waals surface area contributed by atoms with Crippen molar-refractivity contribution >= 4 is 17.7 Å². The van der Waals surface area contributed by atoms with Gasteiger partial charge in [-0.3, -0.25) is 14.5 Å². The molecule has 32 heavy (non-hydrogen) atoms. The zero-order valence-electron chi connectivity index (χ0n) is 18.4. The predicted octanol–water partition coefficient (Wildman–Crippen LogP) is 3.89. The molecule has 1 N–H and O–H groups in total. The summed E-state index contributed by atoms with van der Waals surface area (Å²) in [5, 5.41) is 2.72. The molecule has 2 aromatic carbocycles. The van der Waals surface area contributed by atoms with Crippen molar-refractivity contribution in [1.82, 2.24) is 14.8 Å². The molecule has 3 amide bonds. The minimum absolute atomic E-state index is 0.232. The zero-order chi connectivity index (χ0) is 22.7. The van der Waals surface area contributed by atoms with Crippen molar-refractivity contribution in [2.24, 2.45) is 0 Å². The van der Waals surface area contributed by atoms with Crippen molar-refractivity contribution in [3.05, 3.63) is 94.8 Å². The topological polar surface area (TPSA) is 71.4 Å². The first-order valence-corrected chi connectivity index (χ1v) is 10.8. The molecule has 164 valence electrons. The van der Waals surface area contributed by atoms with E-state index in [1.165, 1.54) is 0 Å². The van der Waals surface area contributed by atoms with Gasteiger partial charge in [0.1, 0.15) is 6.04 Å². The lowest BCUT2D eigenvalue weighted by Gasteiger charge is -2.13. The molecule has 0 radical (unpaired) electrons. The fraction of sp³-hybridized carbons (Fsp3) is 0.269. The second-order valence-electron chi connectivity index (χ2n) is 8.23. The molecule has 1 aromatic heterocycles. The van der Waals surface area contributed by atoms with Crippen LogP contribution in [0.4, 0.5) is 4.79 Å². The Morgan fingerprint density at radius 3 is 2.22 bits per heavy atom. The maximum atomic E-state index is 13.0. The standard InChI is InChI=1S/C26H27N3O3/c1-18-15-22(19(2)28(18)16-21-11-7-4-8-12-21)24(30)17-29-25(31)23(27-26(29)32)14-13-20-9-5-3-6-10-20/h3-12,15,23H,13-14,16-17H2,1-2H3,(H,27,32)/t23-/m1/s1. The number of rotatable bonds is 8. The van der Waals surface area contributed by atoms with Crippen LogP contribution in [0.3, 0.4) is 0 Å². The lowest BCUT2D eigenvalue weighted by molar-refractivity contribution is -0.127. The van der Waals surface area contributed by atoms with Gasteiger partial charge in [0.2, 0.25) is 0 Å². The largest absolute Gasteiger partial charge is 0.344 e. The summed E-state index contributed by atoms with van der Waals surface area (Å²) < 4.78 is 2.08. The highest BCUT2D eigenvalue weighted by Gasteiger charge is 2.39. The van der Waals surface area contributed by atoms with Crippen LogP contribution in [0.5, 0.6) is 0 Å². The fourth-order valence-electron chi connectivity index (χ4n) is 4.20. The molecule has 0 bridgehead atoms. The van der Waals surface area contributed by atoms with Crippen LogP contribution in [0.15, 0.2) is 66.7 Å². The van der Waals surface area contributed by atoms with E-state index in [1.807, 2.05) is 80.6 Å². The van der Waals surface area contributed by atoms with Gasteiger partial charge in [-0.25, -0.2) is 4.79 Å². The van der Waals surface area contributed by atoms with Gasteiger partial charge in [-0.2, -0.15) is 0 Å². The van der Waals surface area contributed by atoms with Crippen molar-refractivity contribution in [3.63, 3.8) is 0 Å². The molecule has 0 saturated carbocycles. The number of amides is 3. The number of Topliss-reactive ketones (excluding diaryl/α,β-unsaturated/α-hetero) is 1. The van der Waals surface area contributed by atoms with Gasteiger partial charge >= 0.3 is 6.03 Å². The van der Waals surface area contributed by atoms with Gasteiger partial charge in [0, 0.05) is 23.5 Å². The van der Waals surface area contributed by atoms with E-state index in [2.05, 4.69) is 9.88 Å². The molecule has 2 heterocycles. The van der Waals surface area contributed by atoms with E-state index in [0.29, 0.717) is 24.9 Å². The zero-order valence-corrected chi connectivity index (χ0v) is 18.4. The Hall–Kier alpha value is -3.67. The highest BCUT2D eigenvalue weighted by atomic mass is 16.2. The smallest absolute Gasteiger partial charge is 0.325 e. The summed E-state index contributed by atoms with van der Waals surface area (Å²) in [5.41, 5.74) is 4.60. The fourth-order valence-corrected chi connectivity index (χ4v) is 4.20. The molecule has 0 spiro atoms. The Morgan fingerprint density at radius 2 is 1.56 bits per heavy atom. The average molecular weight is 430 g/mol. The monoisotopic (exact) mass is 429 g/mol. The van der Waals surface area contributed by atoms with Crippen molar-refractivity contribution < 1.29 is 14.4 Å². The third-order valence-corrected chi connectivity index (χ3v) is 6.03. The predicted molar refractivity (Wildman–Crippen MR) is 123 cm³/mol. The molecule has 1 saturated heterocycles. The highest BCUT2D eigenvalue weighted by Crippen LogP contribution is 2.20. The van der Waals surface area contributed by atoms with E-state index < -0.39 is 12.1 Å². The molecule has 1 aliphatic rings. The van der Waals surface area contributed by atoms with Crippen molar-refractivity contribution in [2.45, 2.75) is 39.3 Å². The summed E-state index contributed by atoms with van der Waals surface area (Å²) in [5.74, 6) is -0.568. The molecule has 3 aromatic rings. The van der Waals surface area contributed by atoms with Crippen LogP contribution in [-0.2, 0) is 17.8 Å². The summed E-state index contributed by atoms with van der Waals surface area (Å²) in [7, 11) is 0. The van der Waals surface area contributed by atoms with Crippen LogP contribution in [0.2, 0.25) is 0 Å². The van der Waals surface area contributed by atoms with Gasteiger partial charge in [0.15, 0.2) is 5.78 Å². The Balaban J connectivity index is 1.43. The lowest BCUT2D eigenvalue weighted by Crippen LogP contribution is -2.36. The van der Waals surface area contributed by atoms with Gasteiger partial charge in [-0.1, -0.05) is 60.7 Å². The highest BCUT2D eigenvalue weighted by molar-refractivity contribution is 6.09. The van der Waals surface area contributed by atoms with Gasteiger partial charge in [0.05, 0.1) is 6.54 Å². The van der Waals surface area contributed by atoms with E-state index >= 15 is 0 Å². The first-order valence-electron chi connectivity index (χ1n) is 10.8. The Labute approximate surface area is 187 Å². The maximum absolute atomic E-state index is 13.0. The Bertz CT molecular complexity index is 1140. The molecule has 1 atom stereocenters. The van der Waals surface area contributed by atoms with Crippen molar-refractivity contribution in [3.8, 4) is 0 Å². The van der Waals surface area contributed by atoms with E-state index in [0.717, 1.165) is 27.4 Å². The number of aryl methyl sites for hydroxylation is 2. The summed E-state index contributed by atoms with van der Waals surface area (Å²) in [6.45, 7) is 4.27. The van der Waals surface area contributed by atoms with Crippen LogP contribution in [-0.4, -0.2) is 39.8 Å². The number of urea groups is 1. The molecule has 6 heteroatoms. The molecular weight excluding hydrogens is 402 g/mol. The minimum atomic E-state index is -0.596. The molecule has 0 unspecified atom stereocenters. The number of nitrogens with one attached hydrogen (secondary N) is 1. The van der Waals surface area contributed by atoms with Gasteiger partial charge in [-0.05, 0) is 43.9 Å². The molecule has 1 fully saturated rings. The van der Waals surface area contributed by atoms with Crippen LogP contribution >= 0.6 is 0 Å². The van der Waals surface area contributed by atoms with Gasteiger partial charge in [-0.15, -0.1) is 0 Å². The summed E-state index contributed by atoms with van der Waals surface area (Å²) in [4.78, 5) is 39.3. The summed E-state index contributed by atoms with van der Waals surface area (Å²) >= 11 is 0. The number of ketones is 1. The number of carbonyl (C=O) groups is 3. The summed E-state index contributed by atoms with van der Waals surface area (Å²) in [6.07, 6.45) is 1.19. The Kier molecular flexibility index (Phi) is 6.21. The van der Waals surface area contributed by atoms with Gasteiger partial charge in [0.25, 0.3) is 5.91 Å². The van der Waals surface area contributed by atoms with E-state index in [4.69, 9.17) is 0 Å². The van der Waals surface area contributed by atoms with Crippen molar-refractivity contribution in [1.29, 1.82) is 0 Å². The third-order valence-electron chi connectivity index (χ3n) is 6.03. The maximum Gasteiger partial charge on any atom is 0.325 e. The van der Waals surface area contributed by atoms with Crippen LogP contribution < -0.4 is 5.32 Å². The normalized spacial score (nSPS) is 15.8. The quantitative estimate of drug-likeness (QED) is 0.436. The average Bonchev–Trinajstić information content (AvgIpc) is 3.23. The number of aromatic nitrogens is 1. The molecule has 6 nitrogen and oxygen atoms in total. The number of nitrogens with zero attached hydrogens (tertiary/aromatic N) is 2. The van der Waals surface area contributed by atoms with Crippen molar-refractivity contribution in [2.75, 3.05) is 6.54 Å². The second kappa shape index (κ2) is 9.22. The van der Waals surface area contributed by atoms with Crippen LogP contribution in [0, 0.1) is 13.8 Å².